The van der Waals surface area contributed by atoms with E-state index in [1.807, 2.05) is 18.5 Å². The average Bonchev–Trinajstić information content (AvgIpc) is 3.22. The normalized spacial score (nSPS) is 20.9. The predicted octanol–water partition coefficient (Wildman–Crippen LogP) is 3.60. The molecule has 2 aromatic heterocycles. The predicted molar refractivity (Wildman–Crippen MR) is 112 cm³/mol. The standard InChI is InChI=1S/C23H29N5/c1-2-27-13-12-26-22(27)17-28(21-15-23(21)7-10-24-11-8-23)16-18-5-6-20-19(14-18)4-3-9-25-20/h3-6,9,12-14,21,24H,2,7-8,10-11,15-17H2,1H3. The summed E-state index contributed by atoms with van der Waals surface area (Å²) < 4.78 is 2.27. The molecule has 0 radical (unpaired) electrons. The Morgan fingerprint density at radius 3 is 2.89 bits per heavy atom. The second kappa shape index (κ2) is 7.30. The van der Waals surface area contributed by atoms with Gasteiger partial charge in [-0.15, -0.1) is 0 Å². The molecule has 2 aliphatic rings. The Labute approximate surface area is 166 Å². The van der Waals surface area contributed by atoms with Gasteiger partial charge in [0.2, 0.25) is 0 Å². The summed E-state index contributed by atoms with van der Waals surface area (Å²) in [5.41, 5.74) is 2.96. The highest BCUT2D eigenvalue weighted by Crippen LogP contribution is 2.56. The summed E-state index contributed by atoms with van der Waals surface area (Å²) in [6.07, 6.45) is 9.84. The summed E-state index contributed by atoms with van der Waals surface area (Å²) in [4.78, 5) is 11.8. The number of hydrogen-bond donors (Lipinski definition) is 1. The van der Waals surface area contributed by atoms with Gasteiger partial charge in [-0.25, -0.2) is 4.98 Å². The van der Waals surface area contributed by atoms with Crippen LogP contribution in [-0.2, 0) is 19.6 Å². The molecule has 1 aliphatic heterocycles. The first kappa shape index (κ1) is 17.8. The Kier molecular flexibility index (Phi) is 4.65. The van der Waals surface area contributed by atoms with Crippen molar-refractivity contribution in [3.05, 3.63) is 60.3 Å². The monoisotopic (exact) mass is 375 g/mol. The van der Waals surface area contributed by atoms with Crippen molar-refractivity contribution in [1.82, 2.24) is 24.8 Å². The fraction of sp³-hybridized carbons (Fsp3) is 0.478. The molecule has 1 spiro atoms. The van der Waals surface area contributed by atoms with E-state index >= 15 is 0 Å². The van der Waals surface area contributed by atoms with Crippen LogP contribution in [0.15, 0.2) is 48.9 Å². The molecule has 3 heterocycles. The first-order valence-electron chi connectivity index (χ1n) is 10.6. The van der Waals surface area contributed by atoms with E-state index < -0.39 is 0 Å². The number of imidazole rings is 1. The van der Waals surface area contributed by atoms with Gasteiger partial charge in [-0.3, -0.25) is 9.88 Å². The van der Waals surface area contributed by atoms with Gasteiger partial charge >= 0.3 is 0 Å². The van der Waals surface area contributed by atoms with Crippen molar-refractivity contribution in [2.24, 2.45) is 5.41 Å². The van der Waals surface area contributed by atoms with E-state index in [-0.39, 0.29) is 0 Å². The molecule has 5 heteroatoms. The molecule has 0 amide bonds. The number of fused-ring (bicyclic) bond motifs is 1. The van der Waals surface area contributed by atoms with Crippen LogP contribution in [0.4, 0.5) is 0 Å². The Balaban J connectivity index is 1.41. The van der Waals surface area contributed by atoms with Crippen LogP contribution in [0.2, 0.25) is 0 Å². The van der Waals surface area contributed by atoms with Crippen LogP contribution in [0.25, 0.3) is 10.9 Å². The van der Waals surface area contributed by atoms with Crippen molar-refractivity contribution >= 4 is 10.9 Å². The number of hydrogen-bond acceptors (Lipinski definition) is 4. The minimum atomic E-state index is 0.521. The highest BCUT2D eigenvalue weighted by atomic mass is 15.2. The van der Waals surface area contributed by atoms with Gasteiger partial charge in [0.05, 0.1) is 12.1 Å². The topological polar surface area (TPSA) is 46.0 Å². The van der Waals surface area contributed by atoms with Crippen LogP contribution in [0.5, 0.6) is 0 Å². The summed E-state index contributed by atoms with van der Waals surface area (Å²) in [7, 11) is 0. The first-order chi connectivity index (χ1) is 13.8. The molecule has 1 saturated carbocycles. The molecular weight excluding hydrogens is 346 g/mol. The summed E-state index contributed by atoms with van der Waals surface area (Å²) in [5, 5.41) is 4.76. The molecule has 1 aromatic carbocycles. The number of aromatic nitrogens is 3. The second-order valence-corrected chi connectivity index (χ2v) is 8.40. The smallest absolute Gasteiger partial charge is 0.122 e. The van der Waals surface area contributed by atoms with Gasteiger partial charge in [-0.05, 0) is 68.5 Å². The van der Waals surface area contributed by atoms with Crippen molar-refractivity contribution in [2.75, 3.05) is 13.1 Å². The van der Waals surface area contributed by atoms with E-state index in [1.165, 1.54) is 36.0 Å². The molecule has 1 saturated heterocycles. The van der Waals surface area contributed by atoms with Crippen LogP contribution in [-0.4, -0.2) is 38.6 Å². The van der Waals surface area contributed by atoms with Gasteiger partial charge in [0.15, 0.2) is 0 Å². The lowest BCUT2D eigenvalue weighted by Gasteiger charge is -2.29. The number of nitrogens with one attached hydrogen (secondary N) is 1. The zero-order valence-corrected chi connectivity index (χ0v) is 16.6. The Morgan fingerprint density at radius 2 is 2.04 bits per heavy atom. The minimum Gasteiger partial charge on any atom is -0.334 e. The molecule has 5 nitrogen and oxygen atoms in total. The van der Waals surface area contributed by atoms with Crippen LogP contribution in [0.1, 0.15) is 37.6 Å². The van der Waals surface area contributed by atoms with Crippen LogP contribution in [0.3, 0.4) is 0 Å². The number of pyridine rings is 1. The minimum absolute atomic E-state index is 0.521. The lowest BCUT2D eigenvalue weighted by Crippen LogP contribution is -2.36. The molecular formula is C23H29N5. The number of aryl methyl sites for hydroxylation is 1. The highest BCUT2D eigenvalue weighted by molar-refractivity contribution is 5.78. The molecule has 3 aromatic rings. The maximum Gasteiger partial charge on any atom is 0.122 e. The number of rotatable bonds is 6. The molecule has 0 bridgehead atoms. The van der Waals surface area contributed by atoms with Crippen molar-refractivity contribution in [2.45, 2.75) is 51.9 Å². The molecule has 5 rings (SSSR count). The van der Waals surface area contributed by atoms with Crippen molar-refractivity contribution in [1.29, 1.82) is 0 Å². The van der Waals surface area contributed by atoms with Gasteiger partial charge in [-0.2, -0.15) is 0 Å². The fourth-order valence-corrected chi connectivity index (χ4v) is 5.00. The van der Waals surface area contributed by atoms with Crippen molar-refractivity contribution in [3.8, 4) is 0 Å². The zero-order chi connectivity index (χ0) is 19.0. The third kappa shape index (κ3) is 3.33. The van der Waals surface area contributed by atoms with Gasteiger partial charge in [0.25, 0.3) is 0 Å². The van der Waals surface area contributed by atoms with Crippen LogP contribution in [0, 0.1) is 5.41 Å². The average molecular weight is 376 g/mol. The highest BCUT2D eigenvalue weighted by Gasteiger charge is 2.56. The van der Waals surface area contributed by atoms with Gasteiger partial charge in [0, 0.05) is 43.1 Å². The van der Waals surface area contributed by atoms with Gasteiger partial charge in [-0.1, -0.05) is 12.1 Å². The van der Waals surface area contributed by atoms with Crippen molar-refractivity contribution < 1.29 is 0 Å². The lowest BCUT2D eigenvalue weighted by molar-refractivity contribution is 0.182. The zero-order valence-electron chi connectivity index (χ0n) is 16.6. The van der Waals surface area contributed by atoms with E-state index in [0.29, 0.717) is 11.5 Å². The number of benzene rings is 1. The second-order valence-electron chi connectivity index (χ2n) is 8.40. The van der Waals surface area contributed by atoms with E-state index in [2.05, 4.69) is 62.1 Å². The molecule has 1 N–H and O–H groups in total. The lowest BCUT2D eigenvalue weighted by atomic mass is 9.93. The fourth-order valence-electron chi connectivity index (χ4n) is 5.00. The summed E-state index contributed by atoms with van der Waals surface area (Å²) in [6, 6.07) is 11.5. The summed E-state index contributed by atoms with van der Waals surface area (Å²) in [5.74, 6) is 1.18. The Morgan fingerprint density at radius 1 is 1.14 bits per heavy atom. The van der Waals surface area contributed by atoms with E-state index in [9.17, 15) is 0 Å². The quantitative estimate of drug-likeness (QED) is 0.715. The summed E-state index contributed by atoms with van der Waals surface area (Å²) >= 11 is 0. The number of piperidine rings is 1. The van der Waals surface area contributed by atoms with Crippen LogP contribution >= 0.6 is 0 Å². The van der Waals surface area contributed by atoms with Crippen molar-refractivity contribution in [3.63, 3.8) is 0 Å². The summed E-state index contributed by atoms with van der Waals surface area (Å²) in [6.45, 7) is 7.39. The largest absolute Gasteiger partial charge is 0.334 e. The third-order valence-corrected chi connectivity index (χ3v) is 6.73. The molecule has 28 heavy (non-hydrogen) atoms. The Hall–Kier alpha value is -2.24. The SMILES string of the molecule is CCn1ccnc1CN(Cc1ccc2ncccc2c1)C1CC12CCNCC2. The maximum absolute atomic E-state index is 4.66. The molecule has 146 valence electrons. The van der Waals surface area contributed by atoms with Gasteiger partial charge in [0.1, 0.15) is 5.82 Å². The van der Waals surface area contributed by atoms with Gasteiger partial charge < -0.3 is 9.88 Å². The number of nitrogens with zero attached hydrogens (tertiary/aromatic N) is 4. The van der Waals surface area contributed by atoms with E-state index in [4.69, 9.17) is 0 Å². The van der Waals surface area contributed by atoms with E-state index in [1.54, 1.807) is 0 Å². The molecule has 1 atom stereocenters. The maximum atomic E-state index is 4.66. The Bertz CT molecular complexity index is 956. The molecule has 1 aliphatic carbocycles. The first-order valence-corrected chi connectivity index (χ1v) is 10.6. The molecule has 1 unspecified atom stereocenters. The van der Waals surface area contributed by atoms with E-state index in [0.717, 1.165) is 38.2 Å². The molecule has 2 fully saturated rings. The third-order valence-electron chi connectivity index (χ3n) is 6.73. The van der Waals surface area contributed by atoms with Crippen LogP contribution < -0.4 is 5.32 Å².